The van der Waals surface area contributed by atoms with E-state index in [1.165, 1.54) is 25.7 Å². The third-order valence-corrected chi connectivity index (χ3v) is 5.61. The molecule has 2 bridgehead atoms. The highest BCUT2D eigenvalue weighted by atomic mass is 16.2. The minimum atomic E-state index is -0.0859. The highest BCUT2D eigenvalue weighted by Gasteiger charge is 2.40. The van der Waals surface area contributed by atoms with Gasteiger partial charge in [0.2, 0.25) is 5.91 Å². The molecule has 0 saturated heterocycles. The third kappa shape index (κ3) is 3.57. The fraction of sp³-hybridized carbons (Fsp3) is 0.579. The van der Waals surface area contributed by atoms with E-state index in [1.54, 1.807) is 7.05 Å². The molecule has 2 amide bonds. The Morgan fingerprint density at radius 1 is 1.17 bits per heavy atom. The predicted molar refractivity (Wildman–Crippen MR) is 89.9 cm³/mol. The molecule has 2 fully saturated rings. The lowest BCUT2D eigenvalue weighted by Gasteiger charge is -2.24. The summed E-state index contributed by atoms with van der Waals surface area (Å²) in [5.41, 5.74) is 1.70. The van der Waals surface area contributed by atoms with Crippen molar-refractivity contribution in [3.8, 4) is 0 Å². The van der Waals surface area contributed by atoms with Gasteiger partial charge in [-0.2, -0.15) is 0 Å². The zero-order valence-electron chi connectivity index (χ0n) is 14.0. The van der Waals surface area contributed by atoms with Crippen molar-refractivity contribution in [2.75, 3.05) is 14.1 Å². The van der Waals surface area contributed by atoms with E-state index >= 15 is 0 Å². The zero-order chi connectivity index (χ0) is 16.4. The molecule has 23 heavy (non-hydrogen) atoms. The fourth-order valence-electron chi connectivity index (χ4n) is 4.27. The normalized spacial score (nSPS) is 25.4. The van der Waals surface area contributed by atoms with Gasteiger partial charge in [-0.3, -0.25) is 9.59 Å². The molecule has 0 radical (unpaired) electrons. The zero-order valence-corrected chi connectivity index (χ0v) is 14.0. The first kappa shape index (κ1) is 16.0. The maximum Gasteiger partial charge on any atom is 0.251 e. The molecule has 2 saturated carbocycles. The number of rotatable bonds is 5. The minimum Gasteiger partial charge on any atom is -0.355 e. The topological polar surface area (TPSA) is 49.4 Å². The second-order valence-electron chi connectivity index (χ2n) is 7.16. The molecule has 4 nitrogen and oxygen atoms in total. The van der Waals surface area contributed by atoms with E-state index in [1.807, 2.05) is 36.2 Å². The van der Waals surface area contributed by atoms with Crippen LogP contribution >= 0.6 is 0 Å². The van der Waals surface area contributed by atoms with Crippen molar-refractivity contribution in [3.63, 3.8) is 0 Å². The van der Waals surface area contributed by atoms with Crippen molar-refractivity contribution in [3.05, 3.63) is 35.4 Å². The highest BCUT2D eigenvalue weighted by molar-refractivity contribution is 5.93. The number of amides is 2. The Balaban J connectivity index is 1.52. The summed E-state index contributed by atoms with van der Waals surface area (Å²) >= 11 is 0. The lowest BCUT2D eigenvalue weighted by molar-refractivity contribution is -0.131. The largest absolute Gasteiger partial charge is 0.355 e. The van der Waals surface area contributed by atoms with E-state index in [0.29, 0.717) is 24.4 Å². The Morgan fingerprint density at radius 3 is 2.48 bits per heavy atom. The molecule has 124 valence electrons. The Kier molecular flexibility index (Phi) is 4.69. The number of hydrogen-bond acceptors (Lipinski definition) is 2. The van der Waals surface area contributed by atoms with Crippen LogP contribution in [-0.4, -0.2) is 30.8 Å². The highest BCUT2D eigenvalue weighted by Crippen LogP contribution is 2.49. The molecule has 2 aliphatic carbocycles. The Bertz CT molecular complexity index is 582. The molecule has 3 atom stereocenters. The maximum absolute atomic E-state index is 12.5. The number of nitrogens with zero attached hydrogens (tertiary/aromatic N) is 1. The summed E-state index contributed by atoms with van der Waals surface area (Å²) in [4.78, 5) is 25.8. The Labute approximate surface area is 138 Å². The van der Waals surface area contributed by atoms with Gasteiger partial charge in [0.05, 0.1) is 0 Å². The van der Waals surface area contributed by atoms with Crippen LogP contribution in [-0.2, 0) is 11.3 Å². The number of fused-ring (bicyclic) bond motifs is 2. The van der Waals surface area contributed by atoms with Crippen molar-refractivity contribution in [2.24, 2.45) is 17.8 Å². The van der Waals surface area contributed by atoms with E-state index in [9.17, 15) is 9.59 Å². The van der Waals surface area contributed by atoms with Gasteiger partial charge in [0.25, 0.3) is 5.91 Å². The molecule has 0 spiro atoms. The van der Waals surface area contributed by atoms with Crippen LogP contribution in [0.5, 0.6) is 0 Å². The first-order valence-corrected chi connectivity index (χ1v) is 8.61. The lowest BCUT2D eigenvalue weighted by atomic mass is 9.86. The van der Waals surface area contributed by atoms with E-state index in [4.69, 9.17) is 0 Å². The average Bonchev–Trinajstić information content (AvgIpc) is 3.17. The molecular formula is C19H26N2O2. The van der Waals surface area contributed by atoms with E-state index in [-0.39, 0.29) is 11.8 Å². The van der Waals surface area contributed by atoms with Gasteiger partial charge in [-0.25, -0.2) is 0 Å². The Hall–Kier alpha value is -1.84. The van der Waals surface area contributed by atoms with Crippen LogP contribution in [0.3, 0.4) is 0 Å². The monoisotopic (exact) mass is 314 g/mol. The number of nitrogens with one attached hydrogen (secondary N) is 1. The molecular weight excluding hydrogens is 288 g/mol. The van der Waals surface area contributed by atoms with Crippen molar-refractivity contribution in [2.45, 2.75) is 38.6 Å². The molecule has 0 heterocycles. The summed E-state index contributed by atoms with van der Waals surface area (Å²) in [6, 6.07) is 7.46. The van der Waals surface area contributed by atoms with Crippen molar-refractivity contribution in [1.29, 1.82) is 0 Å². The predicted octanol–water partition coefficient (Wildman–Crippen LogP) is 2.83. The number of carbonyl (C=O) groups excluding carboxylic acids is 2. The average molecular weight is 314 g/mol. The summed E-state index contributed by atoms with van der Waals surface area (Å²) in [7, 11) is 3.50. The van der Waals surface area contributed by atoms with Crippen LogP contribution in [0.4, 0.5) is 0 Å². The second-order valence-corrected chi connectivity index (χ2v) is 7.16. The van der Waals surface area contributed by atoms with Crippen LogP contribution in [0.25, 0.3) is 0 Å². The summed E-state index contributed by atoms with van der Waals surface area (Å²) in [5, 5.41) is 2.61. The van der Waals surface area contributed by atoms with Crippen molar-refractivity contribution < 1.29 is 9.59 Å². The van der Waals surface area contributed by atoms with Crippen molar-refractivity contribution in [1.82, 2.24) is 10.2 Å². The quantitative estimate of drug-likeness (QED) is 0.908. The Morgan fingerprint density at radius 2 is 1.91 bits per heavy atom. The smallest absolute Gasteiger partial charge is 0.251 e. The SMILES string of the molecule is CNC(=O)c1ccc(CN(C)C(=O)C[C@@H]2C[C@H]3CC[C@@H]2C3)cc1. The number of hydrogen-bond donors (Lipinski definition) is 1. The summed E-state index contributed by atoms with van der Waals surface area (Å²) in [6.07, 6.45) is 6.01. The molecule has 4 heteroatoms. The molecule has 0 aromatic heterocycles. The molecule has 1 aromatic carbocycles. The van der Waals surface area contributed by atoms with E-state index < -0.39 is 0 Å². The molecule has 0 unspecified atom stereocenters. The molecule has 1 N–H and O–H groups in total. The summed E-state index contributed by atoms with van der Waals surface area (Å²) in [6.45, 7) is 0.605. The van der Waals surface area contributed by atoms with Gasteiger partial charge in [0.15, 0.2) is 0 Å². The van der Waals surface area contributed by atoms with Crippen molar-refractivity contribution >= 4 is 11.8 Å². The van der Waals surface area contributed by atoms with Crippen LogP contribution in [0.2, 0.25) is 0 Å². The summed E-state index contributed by atoms with van der Waals surface area (Å²) < 4.78 is 0. The fourth-order valence-corrected chi connectivity index (χ4v) is 4.27. The van der Waals surface area contributed by atoms with Gasteiger partial charge in [-0.1, -0.05) is 18.6 Å². The molecule has 3 rings (SSSR count). The third-order valence-electron chi connectivity index (χ3n) is 5.61. The molecule has 0 aliphatic heterocycles. The van der Waals surface area contributed by atoms with Crippen LogP contribution in [0.1, 0.15) is 48.0 Å². The number of carbonyl (C=O) groups is 2. The first-order valence-electron chi connectivity index (χ1n) is 8.61. The van der Waals surface area contributed by atoms with Gasteiger partial charge in [0, 0.05) is 32.6 Å². The minimum absolute atomic E-state index is 0.0859. The van der Waals surface area contributed by atoms with Crippen LogP contribution < -0.4 is 5.32 Å². The summed E-state index contributed by atoms with van der Waals surface area (Å²) in [5.74, 6) is 2.46. The van der Waals surface area contributed by atoms with Gasteiger partial charge in [-0.05, 0) is 54.7 Å². The standard InChI is InChI=1S/C19H26N2O2/c1-20-19(23)15-6-3-13(4-7-15)12-21(2)18(22)11-17-10-14-5-8-16(17)9-14/h3-4,6-7,14,16-17H,5,8-12H2,1-2H3,(H,20,23)/t14-,16+,17-/m0/s1. The van der Waals surface area contributed by atoms with Gasteiger partial charge >= 0.3 is 0 Å². The van der Waals surface area contributed by atoms with E-state index in [0.717, 1.165) is 17.4 Å². The van der Waals surface area contributed by atoms with Crippen LogP contribution in [0.15, 0.2) is 24.3 Å². The molecule has 1 aromatic rings. The first-order chi connectivity index (χ1) is 11.1. The van der Waals surface area contributed by atoms with Crippen LogP contribution in [0, 0.1) is 17.8 Å². The maximum atomic E-state index is 12.5. The molecule has 2 aliphatic rings. The van der Waals surface area contributed by atoms with Gasteiger partial charge in [0.1, 0.15) is 0 Å². The van der Waals surface area contributed by atoms with E-state index in [2.05, 4.69) is 5.32 Å². The lowest BCUT2D eigenvalue weighted by Crippen LogP contribution is -2.29. The van der Waals surface area contributed by atoms with Gasteiger partial charge in [-0.15, -0.1) is 0 Å². The second kappa shape index (κ2) is 6.73. The van der Waals surface area contributed by atoms with Gasteiger partial charge < -0.3 is 10.2 Å². The number of benzene rings is 1.